The van der Waals surface area contributed by atoms with Crippen molar-refractivity contribution in [1.29, 1.82) is 0 Å². The van der Waals surface area contributed by atoms with Crippen molar-refractivity contribution < 1.29 is 9.53 Å². The Kier molecular flexibility index (Phi) is 4.09. The standard InChI is InChI=1S/C19H20N4O2/c1-25-19(24)17-16(5-3-8-20-17)23-10-6-13(7-11-23)15-12-22-18-14(15)4-2-9-21-18/h2-5,8-9,12-13H,6-7,10-11H2,1H3,(H,21,22). The summed E-state index contributed by atoms with van der Waals surface area (Å²) in [6, 6.07) is 7.90. The van der Waals surface area contributed by atoms with Crippen molar-refractivity contribution in [1.82, 2.24) is 15.0 Å². The van der Waals surface area contributed by atoms with E-state index in [9.17, 15) is 4.79 Å². The molecule has 6 heteroatoms. The number of fused-ring (bicyclic) bond motifs is 1. The third kappa shape index (κ3) is 2.84. The van der Waals surface area contributed by atoms with E-state index in [0.29, 0.717) is 11.6 Å². The van der Waals surface area contributed by atoms with Crippen LogP contribution in [0.25, 0.3) is 11.0 Å². The van der Waals surface area contributed by atoms with Crippen molar-refractivity contribution in [3.8, 4) is 0 Å². The van der Waals surface area contributed by atoms with Crippen LogP contribution in [0, 0.1) is 0 Å². The molecule has 3 aromatic heterocycles. The van der Waals surface area contributed by atoms with Crippen molar-refractivity contribution >= 4 is 22.7 Å². The zero-order valence-electron chi connectivity index (χ0n) is 14.1. The largest absolute Gasteiger partial charge is 0.464 e. The predicted molar refractivity (Wildman–Crippen MR) is 95.9 cm³/mol. The van der Waals surface area contributed by atoms with Crippen molar-refractivity contribution in [2.75, 3.05) is 25.1 Å². The molecule has 0 aliphatic carbocycles. The van der Waals surface area contributed by atoms with Crippen LogP contribution in [0.3, 0.4) is 0 Å². The number of aromatic amines is 1. The number of anilines is 1. The first-order valence-corrected chi connectivity index (χ1v) is 8.48. The molecule has 0 radical (unpaired) electrons. The monoisotopic (exact) mass is 336 g/mol. The Morgan fingerprint density at radius 1 is 1.20 bits per heavy atom. The van der Waals surface area contributed by atoms with Crippen LogP contribution in [-0.2, 0) is 4.74 Å². The van der Waals surface area contributed by atoms with E-state index in [-0.39, 0.29) is 5.97 Å². The van der Waals surface area contributed by atoms with E-state index in [4.69, 9.17) is 4.74 Å². The third-order valence-electron chi connectivity index (χ3n) is 4.92. The molecule has 0 aromatic carbocycles. The maximum absolute atomic E-state index is 12.0. The molecule has 6 nitrogen and oxygen atoms in total. The first-order chi connectivity index (χ1) is 12.3. The van der Waals surface area contributed by atoms with Gasteiger partial charge < -0.3 is 14.6 Å². The van der Waals surface area contributed by atoms with Crippen molar-refractivity contribution in [2.24, 2.45) is 0 Å². The Labute approximate surface area is 145 Å². The lowest BCUT2D eigenvalue weighted by Gasteiger charge is -2.34. The second kappa shape index (κ2) is 6.55. The molecule has 1 aliphatic rings. The lowest BCUT2D eigenvalue weighted by Crippen LogP contribution is -2.34. The number of H-pyrrole nitrogens is 1. The van der Waals surface area contributed by atoms with Crippen LogP contribution in [0.1, 0.15) is 34.8 Å². The van der Waals surface area contributed by atoms with Gasteiger partial charge in [0.15, 0.2) is 5.69 Å². The third-order valence-corrected chi connectivity index (χ3v) is 4.92. The molecule has 0 unspecified atom stereocenters. The molecular weight excluding hydrogens is 316 g/mol. The smallest absolute Gasteiger partial charge is 0.358 e. The van der Waals surface area contributed by atoms with Gasteiger partial charge in [0.05, 0.1) is 12.8 Å². The van der Waals surface area contributed by atoms with Gasteiger partial charge in [-0.1, -0.05) is 0 Å². The number of piperidine rings is 1. The fourth-order valence-electron chi connectivity index (χ4n) is 3.65. The number of hydrogen-bond donors (Lipinski definition) is 1. The fourth-order valence-corrected chi connectivity index (χ4v) is 3.65. The fraction of sp³-hybridized carbons (Fsp3) is 0.316. The summed E-state index contributed by atoms with van der Waals surface area (Å²) in [5, 5.41) is 1.21. The Balaban J connectivity index is 1.53. The van der Waals surface area contributed by atoms with Gasteiger partial charge in [-0.25, -0.2) is 14.8 Å². The van der Waals surface area contributed by atoms with Gasteiger partial charge in [0.2, 0.25) is 0 Å². The lowest BCUT2D eigenvalue weighted by molar-refractivity contribution is 0.0594. The van der Waals surface area contributed by atoms with Gasteiger partial charge in [0, 0.05) is 37.1 Å². The van der Waals surface area contributed by atoms with E-state index in [1.165, 1.54) is 18.1 Å². The van der Waals surface area contributed by atoms with E-state index < -0.39 is 0 Å². The average molecular weight is 336 g/mol. The lowest BCUT2D eigenvalue weighted by atomic mass is 9.89. The maximum Gasteiger partial charge on any atom is 0.358 e. The summed E-state index contributed by atoms with van der Waals surface area (Å²) < 4.78 is 4.86. The summed E-state index contributed by atoms with van der Waals surface area (Å²) in [5.41, 5.74) is 3.52. The SMILES string of the molecule is COC(=O)c1ncccc1N1CCC(c2c[nH]c3ncccc23)CC1. The number of rotatable bonds is 3. The van der Waals surface area contributed by atoms with E-state index in [1.54, 1.807) is 6.20 Å². The Morgan fingerprint density at radius 3 is 2.76 bits per heavy atom. The molecule has 4 heterocycles. The van der Waals surface area contributed by atoms with Crippen molar-refractivity contribution in [3.05, 3.63) is 54.1 Å². The molecule has 1 N–H and O–H groups in total. The number of pyridine rings is 2. The van der Waals surface area contributed by atoms with Crippen molar-refractivity contribution in [3.63, 3.8) is 0 Å². The summed E-state index contributed by atoms with van der Waals surface area (Å²) in [7, 11) is 1.39. The molecule has 0 spiro atoms. The van der Waals surface area contributed by atoms with Crippen molar-refractivity contribution in [2.45, 2.75) is 18.8 Å². The highest BCUT2D eigenvalue weighted by Gasteiger charge is 2.26. The predicted octanol–water partition coefficient (Wildman–Crippen LogP) is 3.13. The molecule has 0 saturated carbocycles. The average Bonchev–Trinajstić information content (AvgIpc) is 3.12. The van der Waals surface area contributed by atoms with Gasteiger partial charge in [-0.15, -0.1) is 0 Å². The van der Waals surface area contributed by atoms with Gasteiger partial charge >= 0.3 is 5.97 Å². The number of hydrogen-bond acceptors (Lipinski definition) is 5. The van der Waals surface area contributed by atoms with Crippen LogP contribution in [-0.4, -0.2) is 41.1 Å². The van der Waals surface area contributed by atoms with Crippen LogP contribution < -0.4 is 4.90 Å². The molecule has 4 rings (SSSR count). The minimum Gasteiger partial charge on any atom is -0.464 e. The molecule has 1 aliphatic heterocycles. The Hall–Kier alpha value is -2.89. The van der Waals surface area contributed by atoms with E-state index in [1.807, 2.05) is 24.4 Å². The minimum absolute atomic E-state index is 0.388. The van der Waals surface area contributed by atoms with Gasteiger partial charge in [0.25, 0.3) is 0 Å². The van der Waals surface area contributed by atoms with Crippen LogP contribution >= 0.6 is 0 Å². The number of ether oxygens (including phenoxy) is 1. The second-order valence-corrected chi connectivity index (χ2v) is 6.27. The first-order valence-electron chi connectivity index (χ1n) is 8.48. The highest BCUT2D eigenvalue weighted by Crippen LogP contribution is 2.34. The number of carbonyl (C=O) groups excluding carboxylic acids is 1. The molecule has 0 bridgehead atoms. The molecule has 0 atom stereocenters. The quantitative estimate of drug-likeness (QED) is 0.744. The minimum atomic E-state index is -0.388. The van der Waals surface area contributed by atoms with Crippen LogP contribution in [0.2, 0.25) is 0 Å². The van der Waals surface area contributed by atoms with E-state index in [0.717, 1.165) is 37.3 Å². The molecule has 3 aromatic rings. The zero-order valence-corrected chi connectivity index (χ0v) is 14.1. The number of aromatic nitrogens is 3. The number of esters is 1. The van der Waals surface area contributed by atoms with E-state index in [2.05, 4.69) is 32.1 Å². The second-order valence-electron chi connectivity index (χ2n) is 6.27. The topological polar surface area (TPSA) is 71.1 Å². The summed E-state index contributed by atoms with van der Waals surface area (Å²) in [5.74, 6) is 0.105. The van der Waals surface area contributed by atoms with Gasteiger partial charge in [-0.3, -0.25) is 0 Å². The van der Waals surface area contributed by atoms with Gasteiger partial charge in [-0.2, -0.15) is 0 Å². The van der Waals surface area contributed by atoms with Crippen LogP contribution in [0.15, 0.2) is 42.9 Å². The Morgan fingerprint density at radius 2 is 1.96 bits per heavy atom. The summed E-state index contributed by atoms with van der Waals surface area (Å²) in [6.07, 6.45) is 7.57. The van der Waals surface area contributed by atoms with Crippen LogP contribution in [0.5, 0.6) is 0 Å². The first kappa shape index (κ1) is 15.6. The number of carbonyl (C=O) groups is 1. The summed E-state index contributed by atoms with van der Waals surface area (Å²) >= 11 is 0. The maximum atomic E-state index is 12.0. The van der Waals surface area contributed by atoms with Gasteiger partial charge in [-0.05, 0) is 48.6 Å². The summed E-state index contributed by atoms with van der Waals surface area (Å²) in [6.45, 7) is 1.76. The highest BCUT2D eigenvalue weighted by molar-refractivity contribution is 5.93. The highest BCUT2D eigenvalue weighted by atomic mass is 16.5. The number of nitrogens with one attached hydrogen (secondary N) is 1. The van der Waals surface area contributed by atoms with E-state index >= 15 is 0 Å². The molecule has 128 valence electrons. The molecule has 25 heavy (non-hydrogen) atoms. The zero-order chi connectivity index (χ0) is 17.2. The number of nitrogens with zero attached hydrogens (tertiary/aromatic N) is 3. The molecule has 0 amide bonds. The molecule has 1 fully saturated rings. The van der Waals surface area contributed by atoms with Crippen LogP contribution in [0.4, 0.5) is 5.69 Å². The molecule has 1 saturated heterocycles. The van der Waals surface area contributed by atoms with Gasteiger partial charge in [0.1, 0.15) is 5.65 Å². The number of methoxy groups -OCH3 is 1. The summed E-state index contributed by atoms with van der Waals surface area (Å²) in [4.78, 5) is 26.0. The Bertz CT molecular complexity index is 897. The molecular formula is C19H20N4O2. The normalized spacial score (nSPS) is 15.5.